The summed E-state index contributed by atoms with van der Waals surface area (Å²) >= 11 is 11.3. The van der Waals surface area contributed by atoms with Crippen LogP contribution in [0.1, 0.15) is 25.1 Å². The van der Waals surface area contributed by atoms with Gasteiger partial charge in [-0.25, -0.2) is 0 Å². The van der Waals surface area contributed by atoms with Crippen LogP contribution in [0.4, 0.5) is 0 Å². The number of hydrogen-bond donors (Lipinski definition) is 2. The molecule has 0 spiro atoms. The fourth-order valence-corrected chi connectivity index (χ4v) is 2.16. The zero-order valence-electron chi connectivity index (χ0n) is 12.1. The quantitative estimate of drug-likeness (QED) is 0.794. The Morgan fingerprint density at radius 3 is 2.52 bits per heavy atom. The number of aromatic nitrogens is 4. The SMILES string of the molecule is CCn1cc(CNC(=S)NCc2nn(CC)cc2Cl)cn1. The van der Waals surface area contributed by atoms with Gasteiger partial charge in [0, 0.05) is 37.6 Å². The number of halogens is 1. The Balaban J connectivity index is 1.77. The van der Waals surface area contributed by atoms with E-state index in [1.165, 1.54) is 0 Å². The highest BCUT2D eigenvalue weighted by Crippen LogP contribution is 2.13. The van der Waals surface area contributed by atoms with Gasteiger partial charge in [0.15, 0.2) is 5.11 Å². The van der Waals surface area contributed by atoms with E-state index >= 15 is 0 Å². The molecule has 2 aromatic rings. The van der Waals surface area contributed by atoms with Crippen LogP contribution in [0.5, 0.6) is 0 Å². The van der Waals surface area contributed by atoms with Crippen molar-refractivity contribution in [1.82, 2.24) is 30.2 Å². The zero-order valence-corrected chi connectivity index (χ0v) is 13.7. The summed E-state index contributed by atoms with van der Waals surface area (Å²) in [5, 5.41) is 16.0. The largest absolute Gasteiger partial charge is 0.359 e. The van der Waals surface area contributed by atoms with Crippen molar-refractivity contribution in [1.29, 1.82) is 0 Å². The molecule has 2 aromatic heterocycles. The standard InChI is InChI=1S/C13H19ClN6S/c1-3-19-8-10(6-17-19)5-15-13(21)16-7-12-11(14)9-20(4-2)18-12/h6,8-9H,3-5,7H2,1-2H3,(H2,15,16,21). The molecule has 0 fully saturated rings. The van der Waals surface area contributed by atoms with Crippen LogP contribution in [0, 0.1) is 0 Å². The molecule has 21 heavy (non-hydrogen) atoms. The van der Waals surface area contributed by atoms with E-state index in [9.17, 15) is 0 Å². The highest BCUT2D eigenvalue weighted by molar-refractivity contribution is 7.80. The number of rotatable bonds is 6. The second kappa shape index (κ2) is 7.42. The second-order valence-corrected chi connectivity index (χ2v) is 5.34. The van der Waals surface area contributed by atoms with Gasteiger partial charge in [0.25, 0.3) is 0 Å². The summed E-state index contributed by atoms with van der Waals surface area (Å²) in [5.74, 6) is 0. The monoisotopic (exact) mass is 326 g/mol. The van der Waals surface area contributed by atoms with Gasteiger partial charge in [-0.05, 0) is 26.1 Å². The molecule has 0 aliphatic carbocycles. The first kappa shape index (κ1) is 15.8. The first-order valence-corrected chi connectivity index (χ1v) is 7.65. The Labute approximate surface area is 134 Å². The lowest BCUT2D eigenvalue weighted by Gasteiger charge is -2.08. The number of hydrogen-bond acceptors (Lipinski definition) is 3. The van der Waals surface area contributed by atoms with Gasteiger partial charge in [0.1, 0.15) is 5.69 Å². The summed E-state index contributed by atoms with van der Waals surface area (Å²) in [4.78, 5) is 0. The third-order valence-electron chi connectivity index (χ3n) is 2.99. The van der Waals surface area contributed by atoms with Crippen molar-refractivity contribution < 1.29 is 0 Å². The van der Waals surface area contributed by atoms with Gasteiger partial charge in [0.05, 0.1) is 17.8 Å². The van der Waals surface area contributed by atoms with E-state index in [0.717, 1.165) is 24.3 Å². The smallest absolute Gasteiger partial charge is 0.166 e. The number of thiocarbonyl (C=S) groups is 1. The fourth-order valence-electron chi connectivity index (χ4n) is 1.80. The van der Waals surface area contributed by atoms with E-state index in [2.05, 4.69) is 27.8 Å². The summed E-state index contributed by atoms with van der Waals surface area (Å²) in [6.07, 6.45) is 5.64. The summed E-state index contributed by atoms with van der Waals surface area (Å²) < 4.78 is 3.68. The molecule has 0 aromatic carbocycles. The summed E-state index contributed by atoms with van der Waals surface area (Å²) in [5.41, 5.74) is 1.88. The Bertz CT molecular complexity index is 606. The first-order chi connectivity index (χ1) is 10.1. The summed E-state index contributed by atoms with van der Waals surface area (Å²) in [6, 6.07) is 0. The molecule has 2 rings (SSSR count). The first-order valence-electron chi connectivity index (χ1n) is 6.87. The lowest BCUT2D eigenvalue weighted by molar-refractivity contribution is 0.642. The maximum Gasteiger partial charge on any atom is 0.166 e. The highest BCUT2D eigenvalue weighted by atomic mass is 35.5. The van der Waals surface area contributed by atoms with Gasteiger partial charge in [-0.2, -0.15) is 10.2 Å². The molecule has 0 atom stereocenters. The molecule has 0 aliphatic rings. The van der Waals surface area contributed by atoms with Crippen molar-refractivity contribution >= 4 is 28.9 Å². The molecule has 8 heteroatoms. The van der Waals surface area contributed by atoms with Crippen molar-refractivity contribution in [2.24, 2.45) is 0 Å². The minimum absolute atomic E-state index is 0.506. The molecule has 0 unspecified atom stereocenters. The maximum atomic E-state index is 6.10. The van der Waals surface area contributed by atoms with Gasteiger partial charge in [-0.3, -0.25) is 9.36 Å². The van der Waals surface area contributed by atoms with E-state index in [1.54, 1.807) is 4.68 Å². The normalized spacial score (nSPS) is 10.6. The van der Waals surface area contributed by atoms with E-state index in [-0.39, 0.29) is 0 Å². The minimum Gasteiger partial charge on any atom is -0.359 e. The fraction of sp³-hybridized carbons (Fsp3) is 0.462. The minimum atomic E-state index is 0.506. The lowest BCUT2D eigenvalue weighted by Crippen LogP contribution is -2.34. The molecule has 0 amide bonds. The van der Waals surface area contributed by atoms with Crippen LogP contribution in [0.2, 0.25) is 5.02 Å². The van der Waals surface area contributed by atoms with Crippen LogP contribution in [0.3, 0.4) is 0 Å². The van der Waals surface area contributed by atoms with E-state index in [1.807, 2.05) is 30.2 Å². The number of aryl methyl sites for hydroxylation is 2. The number of nitrogens with one attached hydrogen (secondary N) is 2. The Kier molecular flexibility index (Phi) is 5.58. The van der Waals surface area contributed by atoms with Crippen molar-refractivity contribution in [3.63, 3.8) is 0 Å². The van der Waals surface area contributed by atoms with Gasteiger partial charge >= 0.3 is 0 Å². The second-order valence-electron chi connectivity index (χ2n) is 4.52. The van der Waals surface area contributed by atoms with Gasteiger partial charge in [-0.15, -0.1) is 0 Å². The Morgan fingerprint density at radius 1 is 1.19 bits per heavy atom. The molecule has 0 radical (unpaired) electrons. The van der Waals surface area contributed by atoms with E-state index in [4.69, 9.17) is 23.8 Å². The van der Waals surface area contributed by atoms with Crippen LogP contribution in [-0.2, 0) is 26.2 Å². The third-order valence-corrected chi connectivity index (χ3v) is 3.60. The zero-order chi connectivity index (χ0) is 15.2. The Hall–Kier alpha value is -1.60. The molecule has 0 bridgehead atoms. The molecule has 114 valence electrons. The van der Waals surface area contributed by atoms with Crippen LogP contribution >= 0.6 is 23.8 Å². The topological polar surface area (TPSA) is 59.7 Å². The molecule has 0 saturated heterocycles. The van der Waals surface area contributed by atoms with Crippen molar-refractivity contribution in [3.05, 3.63) is 34.9 Å². The molecule has 0 saturated carbocycles. The third kappa shape index (κ3) is 4.44. The predicted molar refractivity (Wildman–Crippen MR) is 87.1 cm³/mol. The molecule has 0 aliphatic heterocycles. The van der Waals surface area contributed by atoms with Crippen LogP contribution in [0.15, 0.2) is 18.6 Å². The van der Waals surface area contributed by atoms with E-state index < -0.39 is 0 Å². The average Bonchev–Trinajstić information content (AvgIpc) is 3.09. The van der Waals surface area contributed by atoms with Gasteiger partial charge in [0.2, 0.25) is 0 Å². The maximum absolute atomic E-state index is 6.10. The van der Waals surface area contributed by atoms with E-state index in [0.29, 0.717) is 23.2 Å². The lowest BCUT2D eigenvalue weighted by atomic mass is 10.3. The van der Waals surface area contributed by atoms with Gasteiger partial charge in [-0.1, -0.05) is 11.6 Å². The van der Waals surface area contributed by atoms with Crippen molar-refractivity contribution in [2.45, 2.75) is 40.0 Å². The predicted octanol–water partition coefficient (Wildman–Crippen LogP) is 1.94. The summed E-state index contributed by atoms with van der Waals surface area (Å²) in [7, 11) is 0. The van der Waals surface area contributed by atoms with Crippen LogP contribution in [-0.4, -0.2) is 24.7 Å². The average molecular weight is 327 g/mol. The number of nitrogens with zero attached hydrogens (tertiary/aromatic N) is 4. The molecule has 6 nitrogen and oxygen atoms in total. The highest BCUT2D eigenvalue weighted by Gasteiger charge is 2.07. The molecular formula is C13H19ClN6S. The van der Waals surface area contributed by atoms with Gasteiger partial charge < -0.3 is 10.6 Å². The Morgan fingerprint density at radius 2 is 1.90 bits per heavy atom. The van der Waals surface area contributed by atoms with Crippen molar-refractivity contribution in [2.75, 3.05) is 0 Å². The molecule has 2 N–H and O–H groups in total. The molecule has 2 heterocycles. The van der Waals surface area contributed by atoms with Crippen LogP contribution in [0.25, 0.3) is 0 Å². The van der Waals surface area contributed by atoms with Crippen LogP contribution < -0.4 is 10.6 Å². The summed E-state index contributed by atoms with van der Waals surface area (Å²) in [6.45, 7) is 6.87. The van der Waals surface area contributed by atoms with Crippen molar-refractivity contribution in [3.8, 4) is 0 Å². The molecular weight excluding hydrogens is 308 g/mol.